The number of rotatable bonds is 7. The van der Waals surface area contributed by atoms with Gasteiger partial charge in [0.05, 0.1) is 26.8 Å². The second kappa shape index (κ2) is 10.4. The molecule has 0 aliphatic heterocycles. The van der Waals surface area contributed by atoms with Gasteiger partial charge in [-0.1, -0.05) is 59.1 Å². The summed E-state index contributed by atoms with van der Waals surface area (Å²) in [6, 6.07) is 16.9. The Kier molecular flexibility index (Phi) is 7.79. The summed E-state index contributed by atoms with van der Waals surface area (Å²) in [7, 11) is -4.02. The maximum Gasteiger partial charge on any atom is 0.264 e. The molecule has 0 saturated carbocycles. The molecule has 6 nitrogen and oxygen atoms in total. The number of carbonyl (C=O) groups excluding carboxylic acids is 1. The number of sulfonamides is 1. The molecule has 0 atom stereocenters. The molecule has 3 aromatic carbocycles. The molecule has 0 bridgehead atoms. The van der Waals surface area contributed by atoms with Crippen molar-refractivity contribution in [2.75, 3.05) is 10.8 Å². The third kappa shape index (κ3) is 5.93. The van der Waals surface area contributed by atoms with Gasteiger partial charge in [-0.15, -0.1) is 0 Å². The predicted octanol–water partition coefficient (Wildman–Crippen LogP) is 5.26. The van der Waals surface area contributed by atoms with Crippen LogP contribution in [0.3, 0.4) is 0 Å². The van der Waals surface area contributed by atoms with Crippen LogP contribution in [0, 0.1) is 20.8 Å². The highest BCUT2D eigenvalue weighted by molar-refractivity contribution is 7.92. The van der Waals surface area contributed by atoms with Gasteiger partial charge in [-0.3, -0.25) is 9.10 Å². The molecule has 0 saturated heterocycles. The maximum absolute atomic E-state index is 13.5. The van der Waals surface area contributed by atoms with Gasteiger partial charge in [-0.2, -0.15) is 5.10 Å². The number of amides is 1. The van der Waals surface area contributed by atoms with E-state index in [1.54, 1.807) is 43.3 Å². The molecule has 0 aliphatic rings. The summed E-state index contributed by atoms with van der Waals surface area (Å²) in [4.78, 5) is 12.8. The number of benzene rings is 3. The molecule has 9 heteroatoms. The molecule has 0 aliphatic carbocycles. The minimum atomic E-state index is -4.02. The molecular formula is C24H23Cl2N3O3S. The topological polar surface area (TPSA) is 78.8 Å². The van der Waals surface area contributed by atoms with Crippen LogP contribution in [0.15, 0.2) is 70.7 Å². The number of nitrogens with zero attached hydrogens (tertiary/aromatic N) is 2. The van der Waals surface area contributed by atoms with Crippen LogP contribution in [0.25, 0.3) is 0 Å². The van der Waals surface area contributed by atoms with E-state index in [0.29, 0.717) is 21.3 Å². The van der Waals surface area contributed by atoms with Gasteiger partial charge in [0, 0.05) is 5.56 Å². The summed E-state index contributed by atoms with van der Waals surface area (Å²) in [5.41, 5.74) is 5.74. The van der Waals surface area contributed by atoms with Gasteiger partial charge >= 0.3 is 0 Å². The van der Waals surface area contributed by atoms with E-state index in [1.807, 2.05) is 26.0 Å². The van der Waals surface area contributed by atoms with Crippen molar-refractivity contribution in [3.05, 3.63) is 93.0 Å². The van der Waals surface area contributed by atoms with Gasteiger partial charge in [0.25, 0.3) is 15.9 Å². The van der Waals surface area contributed by atoms with Crippen molar-refractivity contribution in [1.82, 2.24) is 5.43 Å². The zero-order valence-corrected chi connectivity index (χ0v) is 20.7. The molecular weight excluding hydrogens is 481 g/mol. The molecule has 0 spiro atoms. The Morgan fingerprint density at radius 3 is 2.21 bits per heavy atom. The zero-order chi connectivity index (χ0) is 24.2. The third-order valence-electron chi connectivity index (χ3n) is 4.91. The second-order valence-electron chi connectivity index (χ2n) is 7.54. The van der Waals surface area contributed by atoms with Crippen LogP contribution in [-0.4, -0.2) is 27.1 Å². The molecule has 0 unspecified atom stereocenters. The number of hydrazone groups is 1. The highest BCUT2D eigenvalue weighted by atomic mass is 35.5. The average Bonchev–Trinajstić information content (AvgIpc) is 2.76. The van der Waals surface area contributed by atoms with E-state index in [0.717, 1.165) is 21.0 Å². The largest absolute Gasteiger partial charge is 0.271 e. The molecule has 1 N–H and O–H groups in total. The molecule has 3 rings (SSSR count). The fraction of sp³-hybridized carbons (Fsp3) is 0.167. The lowest BCUT2D eigenvalue weighted by Crippen LogP contribution is -2.40. The number of carbonyl (C=O) groups is 1. The highest BCUT2D eigenvalue weighted by Crippen LogP contribution is 2.28. The zero-order valence-electron chi connectivity index (χ0n) is 18.3. The lowest BCUT2D eigenvalue weighted by Gasteiger charge is -2.25. The van der Waals surface area contributed by atoms with Crippen LogP contribution in [-0.2, 0) is 14.8 Å². The highest BCUT2D eigenvalue weighted by Gasteiger charge is 2.28. The van der Waals surface area contributed by atoms with E-state index < -0.39 is 22.5 Å². The summed E-state index contributed by atoms with van der Waals surface area (Å²) in [5, 5.41) is 4.65. The average molecular weight is 504 g/mol. The summed E-state index contributed by atoms with van der Waals surface area (Å²) in [6.45, 7) is 5.06. The van der Waals surface area contributed by atoms with E-state index in [-0.39, 0.29) is 4.90 Å². The molecule has 3 aromatic rings. The first-order valence-electron chi connectivity index (χ1n) is 10.0. The van der Waals surface area contributed by atoms with E-state index in [1.165, 1.54) is 18.3 Å². The van der Waals surface area contributed by atoms with E-state index >= 15 is 0 Å². The second-order valence-corrected chi connectivity index (χ2v) is 10.2. The minimum absolute atomic E-state index is 0.0909. The SMILES string of the molecule is Cc1ccc(S(=O)(=O)N(CC(=O)N/N=C\c2c(Cl)cccc2Cl)c2cc(C)ccc2C)cc1. The van der Waals surface area contributed by atoms with Gasteiger partial charge in [-0.05, 0) is 62.2 Å². The molecule has 1 amide bonds. The fourth-order valence-electron chi connectivity index (χ4n) is 3.09. The van der Waals surface area contributed by atoms with Crippen LogP contribution < -0.4 is 9.73 Å². The van der Waals surface area contributed by atoms with Crippen LogP contribution in [0.2, 0.25) is 10.0 Å². The van der Waals surface area contributed by atoms with Crippen LogP contribution >= 0.6 is 23.2 Å². The van der Waals surface area contributed by atoms with Gasteiger partial charge < -0.3 is 0 Å². The Hall–Kier alpha value is -2.87. The van der Waals surface area contributed by atoms with Gasteiger partial charge in [-0.25, -0.2) is 13.8 Å². The lowest BCUT2D eigenvalue weighted by atomic mass is 10.1. The normalized spacial score (nSPS) is 11.5. The number of halogens is 2. The van der Waals surface area contributed by atoms with Crippen LogP contribution in [0.1, 0.15) is 22.3 Å². The fourth-order valence-corrected chi connectivity index (χ4v) is 5.07. The van der Waals surface area contributed by atoms with E-state index in [2.05, 4.69) is 10.5 Å². The first-order chi connectivity index (χ1) is 15.6. The van der Waals surface area contributed by atoms with E-state index in [4.69, 9.17) is 23.2 Å². The molecule has 0 aromatic heterocycles. The summed E-state index contributed by atoms with van der Waals surface area (Å²) in [6.07, 6.45) is 1.32. The monoisotopic (exact) mass is 503 g/mol. The van der Waals surface area contributed by atoms with Gasteiger partial charge in [0.1, 0.15) is 6.54 Å². The van der Waals surface area contributed by atoms with Crippen molar-refractivity contribution < 1.29 is 13.2 Å². The number of nitrogens with one attached hydrogen (secondary N) is 1. The first-order valence-corrected chi connectivity index (χ1v) is 12.2. The van der Waals surface area contributed by atoms with E-state index in [9.17, 15) is 13.2 Å². The summed E-state index contributed by atoms with van der Waals surface area (Å²) >= 11 is 12.2. The smallest absolute Gasteiger partial charge is 0.264 e. The Labute approximate surface area is 203 Å². The standard InChI is InChI=1S/C24H23Cl2N3O3S/c1-16-8-11-19(12-9-16)33(31,32)29(23-13-17(2)7-10-18(23)3)15-24(30)28-27-14-20-21(25)5-4-6-22(20)26/h4-14H,15H2,1-3H3,(H,28,30)/b27-14-. The van der Waals surface area contributed by atoms with Crippen LogP contribution in [0.5, 0.6) is 0 Å². The van der Waals surface area contributed by atoms with Crippen molar-refractivity contribution in [1.29, 1.82) is 0 Å². The molecule has 0 radical (unpaired) electrons. The predicted molar refractivity (Wildman–Crippen MR) is 134 cm³/mol. The Bertz CT molecular complexity index is 1290. The van der Waals surface area contributed by atoms with Gasteiger partial charge in [0.2, 0.25) is 0 Å². The number of aryl methyl sites for hydroxylation is 3. The molecule has 0 fully saturated rings. The maximum atomic E-state index is 13.5. The van der Waals surface area contributed by atoms with Crippen molar-refractivity contribution in [3.63, 3.8) is 0 Å². The molecule has 0 heterocycles. The Morgan fingerprint density at radius 2 is 1.58 bits per heavy atom. The number of anilines is 1. The summed E-state index contributed by atoms with van der Waals surface area (Å²) < 4.78 is 28.1. The minimum Gasteiger partial charge on any atom is -0.271 e. The molecule has 33 heavy (non-hydrogen) atoms. The Morgan fingerprint density at radius 1 is 0.970 bits per heavy atom. The summed E-state index contributed by atoms with van der Waals surface area (Å²) in [5.74, 6) is -0.619. The molecule has 172 valence electrons. The van der Waals surface area contributed by atoms with Crippen LogP contribution in [0.4, 0.5) is 5.69 Å². The quantitative estimate of drug-likeness (QED) is 0.352. The first kappa shape index (κ1) is 24.8. The van der Waals surface area contributed by atoms with Gasteiger partial charge in [0.15, 0.2) is 0 Å². The number of hydrogen-bond acceptors (Lipinski definition) is 4. The lowest BCUT2D eigenvalue weighted by molar-refractivity contribution is -0.119. The van der Waals surface area contributed by atoms with Crippen molar-refractivity contribution in [3.8, 4) is 0 Å². The Balaban J connectivity index is 1.91. The van der Waals surface area contributed by atoms with Crippen molar-refractivity contribution in [2.45, 2.75) is 25.7 Å². The van der Waals surface area contributed by atoms with Crippen molar-refractivity contribution >= 4 is 51.0 Å². The number of hydrogen-bond donors (Lipinski definition) is 1. The third-order valence-corrected chi connectivity index (χ3v) is 7.35. The van der Waals surface area contributed by atoms with Crippen molar-refractivity contribution in [2.24, 2.45) is 5.10 Å².